The zero-order valence-corrected chi connectivity index (χ0v) is 10.6. The van der Waals surface area contributed by atoms with Gasteiger partial charge in [0.2, 0.25) is 0 Å². The molecule has 1 saturated carbocycles. The van der Waals surface area contributed by atoms with Crippen LogP contribution in [0.25, 0.3) is 11.0 Å². The highest BCUT2D eigenvalue weighted by Crippen LogP contribution is 2.43. The van der Waals surface area contributed by atoms with Gasteiger partial charge in [-0.05, 0) is 40.9 Å². The summed E-state index contributed by atoms with van der Waals surface area (Å²) in [6.07, 6.45) is 4.43. The van der Waals surface area contributed by atoms with E-state index in [2.05, 4.69) is 22.0 Å². The molecular formula is C13H14BrNO. The number of benzene rings is 1. The molecule has 0 aliphatic heterocycles. The SMILES string of the molecule is NC1(c2oc3ccccc3c2Br)CCCC1. The zero-order valence-electron chi connectivity index (χ0n) is 9.00. The largest absolute Gasteiger partial charge is 0.458 e. The molecule has 0 atom stereocenters. The van der Waals surface area contributed by atoms with Crippen LogP contribution in [0.1, 0.15) is 31.4 Å². The highest BCUT2D eigenvalue weighted by atomic mass is 79.9. The molecular weight excluding hydrogens is 266 g/mol. The van der Waals surface area contributed by atoms with Crippen LogP contribution in [0.15, 0.2) is 33.2 Å². The maximum absolute atomic E-state index is 6.42. The van der Waals surface area contributed by atoms with E-state index in [1.165, 1.54) is 12.8 Å². The van der Waals surface area contributed by atoms with Crippen molar-refractivity contribution in [1.82, 2.24) is 0 Å². The second kappa shape index (κ2) is 3.60. The first-order valence-electron chi connectivity index (χ1n) is 5.67. The monoisotopic (exact) mass is 279 g/mol. The van der Waals surface area contributed by atoms with E-state index in [0.717, 1.165) is 34.0 Å². The molecule has 2 N–H and O–H groups in total. The summed E-state index contributed by atoms with van der Waals surface area (Å²) in [6.45, 7) is 0. The minimum Gasteiger partial charge on any atom is -0.458 e. The van der Waals surface area contributed by atoms with Crippen molar-refractivity contribution in [3.8, 4) is 0 Å². The van der Waals surface area contributed by atoms with Crippen molar-refractivity contribution in [2.24, 2.45) is 5.73 Å². The van der Waals surface area contributed by atoms with Crippen molar-refractivity contribution in [3.63, 3.8) is 0 Å². The summed E-state index contributed by atoms with van der Waals surface area (Å²) in [4.78, 5) is 0. The van der Waals surface area contributed by atoms with Crippen molar-refractivity contribution in [1.29, 1.82) is 0 Å². The maximum atomic E-state index is 6.42. The Morgan fingerprint density at radius 1 is 1.19 bits per heavy atom. The first kappa shape index (κ1) is 10.4. The molecule has 2 nitrogen and oxygen atoms in total. The molecule has 0 saturated heterocycles. The molecule has 1 aliphatic carbocycles. The Morgan fingerprint density at radius 2 is 1.88 bits per heavy atom. The third kappa shape index (κ3) is 1.42. The van der Waals surface area contributed by atoms with Gasteiger partial charge in [-0.2, -0.15) is 0 Å². The van der Waals surface area contributed by atoms with E-state index in [9.17, 15) is 0 Å². The number of hydrogen-bond acceptors (Lipinski definition) is 2. The molecule has 1 aromatic heterocycles. The molecule has 84 valence electrons. The van der Waals surface area contributed by atoms with Gasteiger partial charge in [0.05, 0.1) is 10.0 Å². The average Bonchev–Trinajstić information content (AvgIpc) is 2.86. The van der Waals surface area contributed by atoms with Gasteiger partial charge in [0.15, 0.2) is 0 Å². The molecule has 0 unspecified atom stereocenters. The van der Waals surface area contributed by atoms with Crippen molar-refractivity contribution in [2.75, 3.05) is 0 Å². The Kier molecular flexibility index (Phi) is 2.33. The highest BCUT2D eigenvalue weighted by molar-refractivity contribution is 9.10. The highest BCUT2D eigenvalue weighted by Gasteiger charge is 2.36. The summed E-state index contributed by atoms with van der Waals surface area (Å²) in [5.74, 6) is 0.922. The summed E-state index contributed by atoms with van der Waals surface area (Å²) in [7, 11) is 0. The fourth-order valence-electron chi connectivity index (χ4n) is 2.57. The Bertz CT molecular complexity index is 526. The number of fused-ring (bicyclic) bond motifs is 1. The topological polar surface area (TPSA) is 39.2 Å². The number of para-hydroxylation sites is 1. The van der Waals surface area contributed by atoms with E-state index in [4.69, 9.17) is 10.2 Å². The number of rotatable bonds is 1. The number of hydrogen-bond donors (Lipinski definition) is 1. The van der Waals surface area contributed by atoms with Gasteiger partial charge in [-0.15, -0.1) is 0 Å². The average molecular weight is 280 g/mol. The zero-order chi connectivity index (χ0) is 11.2. The van der Waals surface area contributed by atoms with Crippen molar-refractivity contribution in [3.05, 3.63) is 34.5 Å². The fourth-order valence-corrected chi connectivity index (χ4v) is 3.37. The van der Waals surface area contributed by atoms with Crippen molar-refractivity contribution < 1.29 is 4.42 Å². The van der Waals surface area contributed by atoms with Gasteiger partial charge in [-0.3, -0.25) is 0 Å². The molecule has 3 rings (SSSR count). The smallest absolute Gasteiger partial charge is 0.139 e. The second-order valence-electron chi connectivity index (χ2n) is 4.60. The summed E-state index contributed by atoms with van der Waals surface area (Å²) in [6, 6.07) is 8.05. The van der Waals surface area contributed by atoms with Crippen LogP contribution in [0.2, 0.25) is 0 Å². The fraction of sp³-hybridized carbons (Fsp3) is 0.385. The predicted octanol–water partition coefficient (Wildman–Crippen LogP) is 3.92. The van der Waals surface area contributed by atoms with E-state index in [0.29, 0.717) is 0 Å². The lowest BCUT2D eigenvalue weighted by molar-refractivity contribution is 0.360. The van der Waals surface area contributed by atoms with Crippen LogP contribution in [0.4, 0.5) is 0 Å². The molecule has 0 bridgehead atoms. The van der Waals surface area contributed by atoms with Crippen LogP contribution in [0.5, 0.6) is 0 Å². The van der Waals surface area contributed by atoms with Gasteiger partial charge in [0.1, 0.15) is 11.3 Å². The first-order chi connectivity index (χ1) is 7.71. The number of nitrogens with two attached hydrogens (primary N) is 1. The van der Waals surface area contributed by atoms with E-state index in [1.54, 1.807) is 0 Å². The lowest BCUT2D eigenvalue weighted by Crippen LogP contribution is -2.32. The number of furan rings is 1. The normalized spacial score (nSPS) is 19.4. The Labute approximate surface area is 103 Å². The molecule has 0 amide bonds. The molecule has 0 spiro atoms. The Balaban J connectivity index is 2.20. The molecule has 16 heavy (non-hydrogen) atoms. The predicted molar refractivity (Wildman–Crippen MR) is 68.2 cm³/mol. The van der Waals surface area contributed by atoms with Gasteiger partial charge in [-0.25, -0.2) is 0 Å². The van der Waals surface area contributed by atoms with Crippen LogP contribution < -0.4 is 5.73 Å². The van der Waals surface area contributed by atoms with Gasteiger partial charge in [-0.1, -0.05) is 25.0 Å². The third-order valence-electron chi connectivity index (χ3n) is 3.48. The Hall–Kier alpha value is -0.800. The maximum Gasteiger partial charge on any atom is 0.139 e. The van der Waals surface area contributed by atoms with Gasteiger partial charge in [0, 0.05) is 5.39 Å². The molecule has 3 heteroatoms. The standard InChI is InChI=1S/C13H14BrNO/c14-11-9-5-1-2-6-10(9)16-12(11)13(15)7-3-4-8-13/h1-2,5-6H,3-4,7-8,15H2. The van der Waals surface area contributed by atoms with Crippen LogP contribution in [-0.4, -0.2) is 0 Å². The second-order valence-corrected chi connectivity index (χ2v) is 5.40. The van der Waals surface area contributed by atoms with Crippen LogP contribution in [-0.2, 0) is 5.54 Å². The summed E-state index contributed by atoms with van der Waals surface area (Å²) in [5.41, 5.74) is 7.07. The molecule has 1 aromatic carbocycles. The van der Waals surface area contributed by atoms with Gasteiger partial charge < -0.3 is 10.2 Å². The quantitative estimate of drug-likeness (QED) is 0.859. The lowest BCUT2D eigenvalue weighted by Gasteiger charge is -2.20. The van der Waals surface area contributed by atoms with Crippen molar-refractivity contribution in [2.45, 2.75) is 31.2 Å². The van der Waals surface area contributed by atoms with Crippen molar-refractivity contribution >= 4 is 26.9 Å². The van der Waals surface area contributed by atoms with E-state index < -0.39 is 0 Å². The lowest BCUT2D eigenvalue weighted by atomic mass is 9.96. The third-order valence-corrected chi connectivity index (χ3v) is 4.27. The minimum absolute atomic E-state index is 0.266. The van der Waals surface area contributed by atoms with Crippen LogP contribution >= 0.6 is 15.9 Å². The summed E-state index contributed by atoms with van der Waals surface area (Å²) < 4.78 is 6.95. The summed E-state index contributed by atoms with van der Waals surface area (Å²) >= 11 is 3.62. The van der Waals surface area contributed by atoms with E-state index in [-0.39, 0.29) is 5.54 Å². The summed E-state index contributed by atoms with van der Waals surface area (Å²) in [5, 5.41) is 1.12. The minimum atomic E-state index is -0.266. The molecule has 2 aromatic rings. The van der Waals surface area contributed by atoms with E-state index >= 15 is 0 Å². The molecule has 1 fully saturated rings. The van der Waals surface area contributed by atoms with Crippen LogP contribution in [0, 0.1) is 0 Å². The number of halogens is 1. The molecule has 1 heterocycles. The van der Waals surface area contributed by atoms with Gasteiger partial charge >= 0.3 is 0 Å². The first-order valence-corrected chi connectivity index (χ1v) is 6.46. The van der Waals surface area contributed by atoms with Gasteiger partial charge in [0.25, 0.3) is 0 Å². The Morgan fingerprint density at radius 3 is 2.56 bits per heavy atom. The molecule has 1 aliphatic rings. The molecule has 0 radical (unpaired) electrons. The van der Waals surface area contributed by atoms with Crippen LogP contribution in [0.3, 0.4) is 0 Å². The van der Waals surface area contributed by atoms with E-state index in [1.807, 2.05) is 18.2 Å².